The Balaban J connectivity index is 1.60. The number of nitro benzene ring substituents is 1. The standard InChI is InChI=1S/C19H28N4O4/c1-15-13-16(5-6-17(15)23(25)26)21-18(24)20-14-19(7-3-2-4-8-19)22-9-11-27-12-10-22/h5-6,13H,2-4,7-12,14H2,1H3,(H2,20,21,24). The van der Waals surface area contributed by atoms with E-state index in [4.69, 9.17) is 4.74 Å². The molecule has 1 aromatic carbocycles. The number of nitrogens with zero attached hydrogens (tertiary/aromatic N) is 2. The number of amides is 2. The second kappa shape index (κ2) is 8.67. The fourth-order valence-electron chi connectivity index (χ4n) is 4.21. The topological polar surface area (TPSA) is 96.7 Å². The average Bonchev–Trinajstić information content (AvgIpc) is 2.68. The van der Waals surface area contributed by atoms with Gasteiger partial charge in [0.25, 0.3) is 5.69 Å². The van der Waals surface area contributed by atoms with Gasteiger partial charge in [0, 0.05) is 42.5 Å². The minimum absolute atomic E-state index is 0.00472. The zero-order valence-electron chi connectivity index (χ0n) is 15.8. The number of carbonyl (C=O) groups excluding carboxylic acids is 1. The van der Waals surface area contributed by atoms with Crippen LogP contribution in [-0.2, 0) is 4.74 Å². The van der Waals surface area contributed by atoms with Crippen molar-refractivity contribution in [3.05, 3.63) is 33.9 Å². The molecule has 8 nitrogen and oxygen atoms in total. The maximum atomic E-state index is 12.4. The number of benzene rings is 1. The number of nitro groups is 1. The van der Waals surface area contributed by atoms with E-state index in [1.165, 1.54) is 25.3 Å². The van der Waals surface area contributed by atoms with Crippen molar-refractivity contribution in [2.24, 2.45) is 0 Å². The molecule has 0 atom stereocenters. The smallest absolute Gasteiger partial charge is 0.319 e. The molecule has 1 saturated carbocycles. The molecule has 0 aromatic heterocycles. The second-order valence-electron chi connectivity index (χ2n) is 7.45. The van der Waals surface area contributed by atoms with Crippen LogP contribution in [0.4, 0.5) is 16.2 Å². The van der Waals surface area contributed by atoms with Gasteiger partial charge in [0.05, 0.1) is 18.1 Å². The normalized spacial score (nSPS) is 20.0. The third kappa shape index (κ3) is 4.75. The van der Waals surface area contributed by atoms with E-state index >= 15 is 0 Å². The molecular weight excluding hydrogens is 348 g/mol. The summed E-state index contributed by atoms with van der Waals surface area (Å²) in [5, 5.41) is 16.7. The Morgan fingerprint density at radius 3 is 2.59 bits per heavy atom. The highest BCUT2D eigenvalue weighted by molar-refractivity contribution is 5.89. The molecule has 1 heterocycles. The molecule has 0 radical (unpaired) electrons. The lowest BCUT2D eigenvalue weighted by atomic mass is 9.80. The van der Waals surface area contributed by atoms with Gasteiger partial charge in [0.2, 0.25) is 0 Å². The Bertz CT molecular complexity index is 682. The maximum absolute atomic E-state index is 12.4. The van der Waals surface area contributed by atoms with Crippen molar-refractivity contribution >= 4 is 17.4 Å². The molecule has 1 aliphatic carbocycles. The van der Waals surface area contributed by atoms with Crippen molar-refractivity contribution in [3.63, 3.8) is 0 Å². The molecule has 2 N–H and O–H groups in total. The number of carbonyl (C=O) groups is 1. The highest BCUT2D eigenvalue weighted by Gasteiger charge is 2.38. The first-order valence-electron chi connectivity index (χ1n) is 9.63. The largest absolute Gasteiger partial charge is 0.379 e. The molecule has 1 aromatic rings. The third-order valence-corrected chi connectivity index (χ3v) is 5.70. The van der Waals surface area contributed by atoms with E-state index in [2.05, 4.69) is 15.5 Å². The summed E-state index contributed by atoms with van der Waals surface area (Å²) < 4.78 is 5.49. The number of aryl methyl sites for hydroxylation is 1. The van der Waals surface area contributed by atoms with Crippen molar-refractivity contribution in [2.75, 3.05) is 38.2 Å². The highest BCUT2D eigenvalue weighted by Crippen LogP contribution is 2.34. The number of rotatable bonds is 5. The Morgan fingerprint density at radius 2 is 1.96 bits per heavy atom. The van der Waals surface area contributed by atoms with Gasteiger partial charge in [-0.3, -0.25) is 15.0 Å². The summed E-state index contributed by atoms with van der Waals surface area (Å²) in [6.07, 6.45) is 5.79. The minimum atomic E-state index is -0.422. The van der Waals surface area contributed by atoms with Crippen LogP contribution < -0.4 is 10.6 Å². The van der Waals surface area contributed by atoms with Gasteiger partial charge in [-0.15, -0.1) is 0 Å². The van der Waals surface area contributed by atoms with E-state index < -0.39 is 4.92 Å². The van der Waals surface area contributed by atoms with Crippen LogP contribution in [0.5, 0.6) is 0 Å². The van der Waals surface area contributed by atoms with E-state index in [0.717, 1.165) is 39.1 Å². The zero-order valence-corrected chi connectivity index (χ0v) is 15.8. The van der Waals surface area contributed by atoms with E-state index in [1.807, 2.05) is 0 Å². The predicted octanol–water partition coefficient (Wildman–Crippen LogP) is 3.06. The van der Waals surface area contributed by atoms with Crippen molar-refractivity contribution in [2.45, 2.75) is 44.6 Å². The molecule has 0 bridgehead atoms. The number of nitrogens with one attached hydrogen (secondary N) is 2. The molecule has 8 heteroatoms. The van der Waals surface area contributed by atoms with Crippen molar-refractivity contribution in [1.82, 2.24) is 10.2 Å². The second-order valence-corrected chi connectivity index (χ2v) is 7.45. The number of urea groups is 1. The SMILES string of the molecule is Cc1cc(NC(=O)NCC2(N3CCOCC3)CCCCC2)ccc1[N+](=O)[O-]. The zero-order chi connectivity index (χ0) is 19.3. The molecule has 2 amide bonds. The summed E-state index contributed by atoms with van der Waals surface area (Å²) >= 11 is 0. The lowest BCUT2D eigenvalue weighted by Crippen LogP contribution is -2.60. The van der Waals surface area contributed by atoms with Gasteiger partial charge in [-0.2, -0.15) is 0 Å². The van der Waals surface area contributed by atoms with E-state index in [9.17, 15) is 14.9 Å². The maximum Gasteiger partial charge on any atom is 0.319 e. The van der Waals surface area contributed by atoms with Crippen LogP contribution in [0, 0.1) is 17.0 Å². The number of anilines is 1. The van der Waals surface area contributed by atoms with Gasteiger partial charge in [0.15, 0.2) is 0 Å². The average molecular weight is 376 g/mol. The van der Waals surface area contributed by atoms with Crippen molar-refractivity contribution in [3.8, 4) is 0 Å². The lowest BCUT2D eigenvalue weighted by molar-refractivity contribution is -0.385. The third-order valence-electron chi connectivity index (χ3n) is 5.70. The van der Waals surface area contributed by atoms with E-state index in [1.54, 1.807) is 19.1 Å². The monoisotopic (exact) mass is 376 g/mol. The van der Waals surface area contributed by atoms with Gasteiger partial charge in [-0.25, -0.2) is 4.79 Å². The summed E-state index contributed by atoms with van der Waals surface area (Å²) in [6.45, 7) is 5.57. The van der Waals surface area contributed by atoms with Gasteiger partial charge in [-0.05, 0) is 31.9 Å². The van der Waals surface area contributed by atoms with Crippen LogP contribution in [0.15, 0.2) is 18.2 Å². The fraction of sp³-hybridized carbons (Fsp3) is 0.632. The lowest BCUT2D eigenvalue weighted by Gasteiger charge is -2.48. The Kier molecular flexibility index (Phi) is 6.28. The molecule has 148 valence electrons. The molecule has 1 aliphatic heterocycles. The number of morpholine rings is 1. The minimum Gasteiger partial charge on any atom is -0.379 e. The molecule has 3 rings (SSSR count). The predicted molar refractivity (Wildman–Crippen MR) is 103 cm³/mol. The molecule has 2 aliphatic rings. The molecule has 1 saturated heterocycles. The highest BCUT2D eigenvalue weighted by atomic mass is 16.6. The summed E-state index contributed by atoms with van der Waals surface area (Å²) in [5.74, 6) is 0. The first-order valence-corrected chi connectivity index (χ1v) is 9.63. The summed E-state index contributed by atoms with van der Waals surface area (Å²) in [7, 11) is 0. The number of hydrogen-bond donors (Lipinski definition) is 2. The van der Waals surface area contributed by atoms with Gasteiger partial charge in [0.1, 0.15) is 0 Å². The summed E-state index contributed by atoms with van der Waals surface area (Å²) in [5.41, 5.74) is 1.13. The van der Waals surface area contributed by atoms with Gasteiger partial charge >= 0.3 is 6.03 Å². The van der Waals surface area contributed by atoms with Crippen LogP contribution in [0.2, 0.25) is 0 Å². The molecule has 0 unspecified atom stereocenters. The summed E-state index contributed by atoms with van der Waals surface area (Å²) in [6, 6.07) is 4.32. The Morgan fingerprint density at radius 1 is 1.26 bits per heavy atom. The first kappa shape index (κ1) is 19.6. The molecule has 27 heavy (non-hydrogen) atoms. The van der Waals surface area contributed by atoms with Crippen LogP contribution >= 0.6 is 0 Å². The van der Waals surface area contributed by atoms with Gasteiger partial charge < -0.3 is 15.4 Å². The van der Waals surface area contributed by atoms with E-state index in [0.29, 0.717) is 17.8 Å². The van der Waals surface area contributed by atoms with E-state index in [-0.39, 0.29) is 17.3 Å². The first-order chi connectivity index (χ1) is 13.0. The van der Waals surface area contributed by atoms with Crippen LogP contribution in [-0.4, -0.2) is 54.2 Å². The fourth-order valence-corrected chi connectivity index (χ4v) is 4.21. The summed E-state index contributed by atoms with van der Waals surface area (Å²) in [4.78, 5) is 25.4. The van der Waals surface area contributed by atoms with Crippen molar-refractivity contribution in [1.29, 1.82) is 0 Å². The Labute approximate surface area is 159 Å². The van der Waals surface area contributed by atoms with Crippen molar-refractivity contribution < 1.29 is 14.5 Å². The molecule has 0 spiro atoms. The molecule has 2 fully saturated rings. The van der Waals surface area contributed by atoms with Crippen LogP contribution in [0.1, 0.15) is 37.7 Å². The quantitative estimate of drug-likeness (QED) is 0.608. The number of hydrogen-bond acceptors (Lipinski definition) is 5. The van der Waals surface area contributed by atoms with Crippen LogP contribution in [0.25, 0.3) is 0 Å². The van der Waals surface area contributed by atoms with Crippen LogP contribution in [0.3, 0.4) is 0 Å². The Hall–Kier alpha value is -2.19. The number of ether oxygens (including phenoxy) is 1. The molecular formula is C19H28N4O4. The van der Waals surface area contributed by atoms with Gasteiger partial charge in [-0.1, -0.05) is 19.3 Å².